The molecular weight excluding hydrogens is 338 g/mol. The molecule has 5 nitrogen and oxygen atoms in total. The number of nitrogens with one attached hydrogen (secondary N) is 2. The highest BCUT2D eigenvalue weighted by molar-refractivity contribution is 6.31. The molecule has 0 atom stereocenters. The van der Waals surface area contributed by atoms with Crippen molar-refractivity contribution in [2.75, 3.05) is 20.2 Å². The molecule has 2 aromatic carbocycles. The second-order valence-electron chi connectivity index (χ2n) is 5.50. The third kappa shape index (κ3) is 6.19. The van der Waals surface area contributed by atoms with Crippen LogP contribution in [-0.2, 0) is 13.0 Å². The molecule has 0 aromatic heterocycles. The molecule has 0 fully saturated rings. The Bertz CT molecular complexity index is 720. The van der Waals surface area contributed by atoms with E-state index in [4.69, 9.17) is 16.3 Å². The molecule has 3 N–H and O–H groups in total. The summed E-state index contributed by atoms with van der Waals surface area (Å²) in [6.07, 6.45) is 0.777. The molecule has 0 aliphatic carbocycles. The first kappa shape index (κ1) is 18.9. The van der Waals surface area contributed by atoms with Gasteiger partial charge in [0.05, 0.1) is 13.7 Å². The number of hydrogen-bond donors (Lipinski definition) is 3. The third-order valence-corrected chi connectivity index (χ3v) is 3.97. The Morgan fingerprint density at radius 2 is 2.04 bits per heavy atom. The molecule has 0 saturated carbocycles. The van der Waals surface area contributed by atoms with Gasteiger partial charge in [-0.05, 0) is 48.7 Å². The lowest BCUT2D eigenvalue weighted by atomic mass is 10.1. The van der Waals surface area contributed by atoms with Gasteiger partial charge < -0.3 is 20.5 Å². The third-order valence-electron chi connectivity index (χ3n) is 3.62. The number of hydrogen-bond acceptors (Lipinski definition) is 3. The first-order chi connectivity index (χ1) is 12.1. The van der Waals surface area contributed by atoms with Gasteiger partial charge in [-0.25, -0.2) is 4.99 Å². The molecule has 0 aliphatic rings. The lowest BCUT2D eigenvalue weighted by Gasteiger charge is -2.12. The van der Waals surface area contributed by atoms with E-state index < -0.39 is 0 Å². The van der Waals surface area contributed by atoms with E-state index in [1.807, 2.05) is 37.3 Å². The highest BCUT2D eigenvalue weighted by atomic mass is 35.5. The molecule has 0 saturated heterocycles. The van der Waals surface area contributed by atoms with Gasteiger partial charge in [0.2, 0.25) is 0 Å². The van der Waals surface area contributed by atoms with Crippen LogP contribution in [0.5, 0.6) is 11.5 Å². The van der Waals surface area contributed by atoms with Crippen LogP contribution in [-0.4, -0.2) is 31.3 Å². The molecular formula is C19H24ClN3O2. The number of phenols is 1. The summed E-state index contributed by atoms with van der Waals surface area (Å²) in [5, 5.41) is 16.7. The van der Waals surface area contributed by atoms with Crippen LogP contribution in [0.2, 0.25) is 5.02 Å². The highest BCUT2D eigenvalue weighted by Gasteiger charge is 2.04. The van der Waals surface area contributed by atoms with Crippen LogP contribution in [0.4, 0.5) is 0 Å². The zero-order valence-electron chi connectivity index (χ0n) is 14.6. The zero-order valence-corrected chi connectivity index (χ0v) is 15.3. The maximum absolute atomic E-state index is 9.51. The predicted molar refractivity (Wildman–Crippen MR) is 103 cm³/mol. The quantitative estimate of drug-likeness (QED) is 0.522. The van der Waals surface area contributed by atoms with Crippen molar-refractivity contribution >= 4 is 17.6 Å². The number of benzene rings is 2. The Morgan fingerprint density at radius 3 is 2.72 bits per heavy atom. The average molecular weight is 362 g/mol. The number of guanidine groups is 1. The number of methoxy groups -OCH3 is 1. The number of phenolic OH excluding ortho intramolecular Hbond substituents is 1. The Morgan fingerprint density at radius 1 is 1.20 bits per heavy atom. The van der Waals surface area contributed by atoms with Crippen molar-refractivity contribution in [2.24, 2.45) is 4.99 Å². The molecule has 25 heavy (non-hydrogen) atoms. The first-order valence-corrected chi connectivity index (χ1v) is 8.62. The summed E-state index contributed by atoms with van der Waals surface area (Å²) >= 11 is 6.26. The van der Waals surface area contributed by atoms with Gasteiger partial charge in [-0.15, -0.1) is 0 Å². The summed E-state index contributed by atoms with van der Waals surface area (Å²) in [6.45, 7) is 3.99. The Labute approximate surface area is 153 Å². The standard InChI is InChI=1S/C19H24ClN3O2/c1-3-21-19(23-13-14-5-4-6-16(24)11-14)22-10-9-15-7-8-17(25-2)12-18(15)20/h4-8,11-12,24H,3,9-10,13H2,1-2H3,(H2,21,22,23). The number of aliphatic imine (C=N–C) groups is 1. The average Bonchev–Trinajstić information content (AvgIpc) is 2.61. The van der Waals surface area contributed by atoms with Crippen molar-refractivity contribution in [3.63, 3.8) is 0 Å². The summed E-state index contributed by atoms with van der Waals surface area (Å²) in [7, 11) is 1.62. The molecule has 0 unspecified atom stereocenters. The van der Waals surface area contributed by atoms with Gasteiger partial charge >= 0.3 is 0 Å². The zero-order chi connectivity index (χ0) is 18.1. The highest BCUT2D eigenvalue weighted by Crippen LogP contribution is 2.22. The number of aromatic hydroxyl groups is 1. The fourth-order valence-corrected chi connectivity index (χ4v) is 2.61. The molecule has 2 aromatic rings. The predicted octanol–water partition coefficient (Wildman–Crippen LogP) is 3.35. The molecule has 0 spiro atoms. The van der Waals surface area contributed by atoms with E-state index in [1.165, 1.54) is 0 Å². The molecule has 0 amide bonds. The Hall–Kier alpha value is -2.40. The van der Waals surface area contributed by atoms with Crippen molar-refractivity contribution in [1.82, 2.24) is 10.6 Å². The number of nitrogens with zero attached hydrogens (tertiary/aromatic N) is 1. The Balaban J connectivity index is 1.91. The van der Waals surface area contributed by atoms with Crippen LogP contribution in [0.25, 0.3) is 0 Å². The normalized spacial score (nSPS) is 11.2. The minimum Gasteiger partial charge on any atom is -0.508 e. The minimum atomic E-state index is 0.250. The van der Waals surface area contributed by atoms with Gasteiger partial charge in [0, 0.05) is 18.1 Å². The lowest BCUT2D eigenvalue weighted by molar-refractivity contribution is 0.414. The van der Waals surface area contributed by atoms with Gasteiger partial charge in [-0.2, -0.15) is 0 Å². The maximum atomic E-state index is 9.51. The molecule has 2 rings (SSSR count). The molecule has 134 valence electrons. The van der Waals surface area contributed by atoms with Gasteiger partial charge in [-0.1, -0.05) is 29.8 Å². The second-order valence-corrected chi connectivity index (χ2v) is 5.91. The van der Waals surface area contributed by atoms with E-state index >= 15 is 0 Å². The smallest absolute Gasteiger partial charge is 0.191 e. The van der Waals surface area contributed by atoms with Gasteiger partial charge in [0.25, 0.3) is 0 Å². The minimum absolute atomic E-state index is 0.250. The fourth-order valence-electron chi connectivity index (χ4n) is 2.34. The van der Waals surface area contributed by atoms with Crippen molar-refractivity contribution in [3.8, 4) is 11.5 Å². The molecule has 0 bridgehead atoms. The van der Waals surface area contributed by atoms with Crippen LogP contribution >= 0.6 is 11.6 Å². The largest absolute Gasteiger partial charge is 0.508 e. The topological polar surface area (TPSA) is 65.9 Å². The van der Waals surface area contributed by atoms with Crippen LogP contribution < -0.4 is 15.4 Å². The summed E-state index contributed by atoms with van der Waals surface area (Å²) in [5.74, 6) is 1.73. The SMILES string of the molecule is CCNC(=NCc1cccc(O)c1)NCCc1ccc(OC)cc1Cl. The summed E-state index contributed by atoms with van der Waals surface area (Å²) in [4.78, 5) is 4.54. The summed E-state index contributed by atoms with van der Waals surface area (Å²) in [6, 6.07) is 12.8. The Kier molecular flexibility index (Phi) is 7.41. The van der Waals surface area contributed by atoms with Gasteiger partial charge in [-0.3, -0.25) is 0 Å². The van der Waals surface area contributed by atoms with Crippen molar-refractivity contribution < 1.29 is 9.84 Å². The van der Waals surface area contributed by atoms with Crippen LogP contribution in [0, 0.1) is 0 Å². The number of ether oxygens (including phenoxy) is 1. The van der Waals surface area contributed by atoms with Crippen LogP contribution in [0.1, 0.15) is 18.1 Å². The molecule has 0 aliphatic heterocycles. The van der Waals surface area contributed by atoms with E-state index in [1.54, 1.807) is 19.2 Å². The lowest BCUT2D eigenvalue weighted by Crippen LogP contribution is -2.38. The van der Waals surface area contributed by atoms with Crippen molar-refractivity contribution in [1.29, 1.82) is 0 Å². The molecule has 6 heteroatoms. The van der Waals surface area contributed by atoms with Gasteiger partial charge in [0.1, 0.15) is 11.5 Å². The number of halogens is 1. The van der Waals surface area contributed by atoms with E-state index in [2.05, 4.69) is 15.6 Å². The fraction of sp³-hybridized carbons (Fsp3) is 0.316. The van der Waals surface area contributed by atoms with E-state index in [0.717, 1.165) is 35.8 Å². The monoisotopic (exact) mass is 361 g/mol. The molecule has 0 heterocycles. The van der Waals surface area contributed by atoms with Crippen LogP contribution in [0.3, 0.4) is 0 Å². The van der Waals surface area contributed by atoms with E-state index in [9.17, 15) is 5.11 Å². The maximum Gasteiger partial charge on any atom is 0.191 e. The van der Waals surface area contributed by atoms with E-state index in [-0.39, 0.29) is 5.75 Å². The summed E-state index contributed by atoms with van der Waals surface area (Å²) < 4.78 is 5.16. The first-order valence-electron chi connectivity index (χ1n) is 8.25. The second kappa shape index (κ2) is 9.79. The van der Waals surface area contributed by atoms with E-state index in [0.29, 0.717) is 18.1 Å². The molecule has 0 radical (unpaired) electrons. The van der Waals surface area contributed by atoms with Crippen molar-refractivity contribution in [3.05, 3.63) is 58.6 Å². The number of rotatable bonds is 7. The van der Waals surface area contributed by atoms with Crippen molar-refractivity contribution in [2.45, 2.75) is 19.9 Å². The van der Waals surface area contributed by atoms with Crippen LogP contribution in [0.15, 0.2) is 47.5 Å². The van der Waals surface area contributed by atoms with Gasteiger partial charge in [0.15, 0.2) is 5.96 Å². The summed E-state index contributed by atoms with van der Waals surface area (Å²) in [5.41, 5.74) is 2.01.